The number of hydrogen-bond acceptors (Lipinski definition) is 3. The molecule has 0 bridgehead atoms. The third-order valence-corrected chi connectivity index (χ3v) is 4.14. The maximum atomic E-state index is 12.1. The predicted octanol–water partition coefficient (Wildman–Crippen LogP) is 0.949. The van der Waals surface area contributed by atoms with Gasteiger partial charge in [-0.3, -0.25) is 14.3 Å². The average molecular weight is 279 g/mol. The van der Waals surface area contributed by atoms with E-state index in [1.165, 1.54) is 0 Å². The Kier molecular flexibility index (Phi) is 4.11. The van der Waals surface area contributed by atoms with Gasteiger partial charge in [-0.2, -0.15) is 5.10 Å². The zero-order chi connectivity index (χ0) is 14.9. The molecule has 1 aromatic heterocycles. The zero-order valence-electron chi connectivity index (χ0n) is 12.1. The van der Waals surface area contributed by atoms with Crippen molar-refractivity contribution in [1.29, 1.82) is 0 Å². The molecule has 1 aromatic rings. The lowest BCUT2D eigenvalue weighted by Gasteiger charge is -2.12. The summed E-state index contributed by atoms with van der Waals surface area (Å²) >= 11 is 0. The van der Waals surface area contributed by atoms with Crippen molar-refractivity contribution in [2.75, 3.05) is 0 Å². The van der Waals surface area contributed by atoms with Gasteiger partial charge in [-0.25, -0.2) is 0 Å². The number of hydrogen-bond donors (Lipinski definition) is 2. The van der Waals surface area contributed by atoms with Crippen LogP contribution in [0.4, 0.5) is 0 Å². The van der Waals surface area contributed by atoms with E-state index in [4.69, 9.17) is 5.11 Å². The normalized spacial score (nSPS) is 21.9. The Morgan fingerprint density at radius 1 is 1.40 bits per heavy atom. The van der Waals surface area contributed by atoms with E-state index in [9.17, 15) is 9.59 Å². The molecule has 6 heteroatoms. The van der Waals surface area contributed by atoms with Crippen LogP contribution in [0.1, 0.15) is 36.2 Å². The molecule has 1 fully saturated rings. The number of aliphatic carboxylic acids is 1. The number of nitrogens with zero attached hydrogens (tertiary/aromatic N) is 2. The molecule has 0 aliphatic heterocycles. The van der Waals surface area contributed by atoms with E-state index in [-0.39, 0.29) is 17.9 Å². The van der Waals surface area contributed by atoms with Crippen LogP contribution < -0.4 is 5.32 Å². The third kappa shape index (κ3) is 3.00. The molecule has 1 saturated carbocycles. The monoisotopic (exact) mass is 279 g/mol. The highest BCUT2D eigenvalue weighted by Crippen LogP contribution is 2.25. The van der Waals surface area contributed by atoms with Gasteiger partial charge in [0.1, 0.15) is 0 Å². The second-order valence-electron chi connectivity index (χ2n) is 5.56. The summed E-state index contributed by atoms with van der Waals surface area (Å²) < 4.78 is 1.77. The third-order valence-electron chi connectivity index (χ3n) is 4.14. The van der Waals surface area contributed by atoms with Crippen molar-refractivity contribution in [1.82, 2.24) is 15.1 Å². The standard InChI is InChI=1S/C14H21N3O3/c1-8-12(9(2)17(3)16-8)7-13(18)15-11-5-4-10(6-11)14(19)20/h10-11H,4-7H2,1-3H3,(H,15,18)(H,19,20)/t10-,11+/m1/s1. The second-order valence-corrected chi connectivity index (χ2v) is 5.56. The lowest BCUT2D eigenvalue weighted by atomic mass is 10.1. The van der Waals surface area contributed by atoms with Gasteiger partial charge in [0, 0.05) is 24.3 Å². The van der Waals surface area contributed by atoms with Gasteiger partial charge in [0.05, 0.1) is 18.0 Å². The highest BCUT2D eigenvalue weighted by atomic mass is 16.4. The molecule has 0 unspecified atom stereocenters. The molecule has 110 valence electrons. The number of amides is 1. The van der Waals surface area contributed by atoms with Crippen LogP contribution in [0.3, 0.4) is 0 Å². The van der Waals surface area contributed by atoms with E-state index >= 15 is 0 Å². The first kappa shape index (κ1) is 14.6. The molecule has 1 aliphatic carbocycles. The molecular formula is C14H21N3O3. The molecule has 2 rings (SSSR count). The summed E-state index contributed by atoms with van der Waals surface area (Å²) in [6, 6.07) is -0.0131. The van der Waals surface area contributed by atoms with Crippen LogP contribution in [0, 0.1) is 19.8 Å². The van der Waals surface area contributed by atoms with Crippen LogP contribution in [0.2, 0.25) is 0 Å². The predicted molar refractivity (Wildman–Crippen MR) is 73.3 cm³/mol. The van der Waals surface area contributed by atoms with Gasteiger partial charge in [-0.1, -0.05) is 0 Å². The SMILES string of the molecule is Cc1nn(C)c(C)c1CC(=O)N[C@H]1CC[C@@H](C(=O)O)C1. The molecule has 20 heavy (non-hydrogen) atoms. The summed E-state index contributed by atoms with van der Waals surface area (Å²) in [5, 5.41) is 16.2. The fraction of sp³-hybridized carbons (Fsp3) is 0.643. The summed E-state index contributed by atoms with van der Waals surface area (Å²) in [5.41, 5.74) is 2.82. The highest BCUT2D eigenvalue weighted by Gasteiger charge is 2.30. The van der Waals surface area contributed by atoms with Gasteiger partial charge >= 0.3 is 5.97 Å². The van der Waals surface area contributed by atoms with Gasteiger partial charge in [0.25, 0.3) is 0 Å². The number of aryl methyl sites for hydroxylation is 2. The number of aromatic nitrogens is 2. The number of carbonyl (C=O) groups is 2. The van der Waals surface area contributed by atoms with Crippen molar-refractivity contribution in [3.8, 4) is 0 Å². The van der Waals surface area contributed by atoms with E-state index in [2.05, 4.69) is 10.4 Å². The van der Waals surface area contributed by atoms with Gasteiger partial charge in [0.15, 0.2) is 0 Å². The van der Waals surface area contributed by atoms with Crippen molar-refractivity contribution in [2.45, 2.75) is 45.6 Å². The van der Waals surface area contributed by atoms with E-state index in [0.717, 1.165) is 23.4 Å². The lowest BCUT2D eigenvalue weighted by molar-refractivity contribution is -0.141. The Labute approximate surface area is 118 Å². The van der Waals surface area contributed by atoms with Crippen molar-refractivity contribution >= 4 is 11.9 Å². The number of carboxylic acids is 1. The van der Waals surface area contributed by atoms with E-state index in [0.29, 0.717) is 19.3 Å². The topological polar surface area (TPSA) is 84.2 Å². The summed E-state index contributed by atoms with van der Waals surface area (Å²) in [4.78, 5) is 23.0. The molecule has 2 N–H and O–H groups in total. The Bertz CT molecular complexity index is 536. The lowest BCUT2D eigenvalue weighted by Crippen LogP contribution is -2.34. The van der Waals surface area contributed by atoms with Crippen LogP contribution >= 0.6 is 0 Å². The number of carboxylic acid groups (broad SMARTS) is 1. The van der Waals surface area contributed by atoms with Gasteiger partial charge in [0.2, 0.25) is 5.91 Å². The Morgan fingerprint density at radius 3 is 2.60 bits per heavy atom. The van der Waals surface area contributed by atoms with Crippen LogP contribution in [-0.4, -0.2) is 32.8 Å². The molecule has 0 saturated heterocycles. The smallest absolute Gasteiger partial charge is 0.306 e. The summed E-state index contributed by atoms with van der Waals surface area (Å²) in [7, 11) is 1.86. The minimum absolute atomic E-state index is 0.0131. The van der Waals surface area contributed by atoms with E-state index < -0.39 is 5.97 Å². The molecule has 0 aromatic carbocycles. The first-order chi connectivity index (χ1) is 9.38. The molecule has 0 spiro atoms. The quantitative estimate of drug-likeness (QED) is 0.859. The summed E-state index contributed by atoms with van der Waals surface area (Å²) in [6.07, 6.45) is 2.23. The van der Waals surface area contributed by atoms with Crippen molar-refractivity contribution < 1.29 is 14.7 Å². The molecule has 0 radical (unpaired) electrons. The van der Waals surface area contributed by atoms with Crippen molar-refractivity contribution in [3.63, 3.8) is 0 Å². The van der Waals surface area contributed by atoms with Crippen LogP contribution in [0.25, 0.3) is 0 Å². The minimum atomic E-state index is -0.763. The van der Waals surface area contributed by atoms with Gasteiger partial charge in [-0.05, 0) is 33.1 Å². The maximum absolute atomic E-state index is 12.1. The van der Waals surface area contributed by atoms with Crippen molar-refractivity contribution in [2.24, 2.45) is 13.0 Å². The number of nitrogens with one attached hydrogen (secondary N) is 1. The fourth-order valence-corrected chi connectivity index (χ4v) is 2.85. The first-order valence-electron chi connectivity index (χ1n) is 6.89. The van der Waals surface area contributed by atoms with E-state index in [1.807, 2.05) is 20.9 Å². The van der Waals surface area contributed by atoms with Gasteiger partial charge in [-0.15, -0.1) is 0 Å². The minimum Gasteiger partial charge on any atom is -0.481 e. The summed E-state index contributed by atoms with van der Waals surface area (Å²) in [5.74, 6) is -1.14. The van der Waals surface area contributed by atoms with Crippen LogP contribution in [-0.2, 0) is 23.1 Å². The molecule has 2 atom stereocenters. The van der Waals surface area contributed by atoms with E-state index in [1.54, 1.807) is 4.68 Å². The summed E-state index contributed by atoms with van der Waals surface area (Å²) in [6.45, 7) is 3.84. The number of rotatable bonds is 4. The number of carbonyl (C=O) groups excluding carboxylic acids is 1. The average Bonchev–Trinajstić information content (AvgIpc) is 2.91. The zero-order valence-corrected chi connectivity index (χ0v) is 12.1. The van der Waals surface area contributed by atoms with Crippen LogP contribution in [0.5, 0.6) is 0 Å². The Hall–Kier alpha value is -1.85. The molecular weight excluding hydrogens is 258 g/mol. The molecule has 1 aliphatic rings. The fourth-order valence-electron chi connectivity index (χ4n) is 2.85. The van der Waals surface area contributed by atoms with Crippen LogP contribution in [0.15, 0.2) is 0 Å². The molecule has 6 nitrogen and oxygen atoms in total. The largest absolute Gasteiger partial charge is 0.481 e. The highest BCUT2D eigenvalue weighted by molar-refractivity contribution is 5.79. The molecule has 1 heterocycles. The Morgan fingerprint density at radius 2 is 2.10 bits per heavy atom. The van der Waals surface area contributed by atoms with Crippen molar-refractivity contribution in [3.05, 3.63) is 17.0 Å². The first-order valence-corrected chi connectivity index (χ1v) is 6.89. The molecule has 1 amide bonds. The van der Waals surface area contributed by atoms with Gasteiger partial charge < -0.3 is 10.4 Å². The maximum Gasteiger partial charge on any atom is 0.306 e. The Balaban J connectivity index is 1.92. The second kappa shape index (κ2) is 5.64.